The molecule has 0 saturated carbocycles. The van der Waals surface area contributed by atoms with Crippen molar-refractivity contribution in [1.82, 2.24) is 19.4 Å². The van der Waals surface area contributed by atoms with Crippen LogP contribution in [0.15, 0.2) is 43.0 Å². The van der Waals surface area contributed by atoms with E-state index in [2.05, 4.69) is 16.9 Å². The predicted octanol–water partition coefficient (Wildman–Crippen LogP) is 3.61. The van der Waals surface area contributed by atoms with E-state index in [9.17, 15) is 9.18 Å². The first kappa shape index (κ1) is 22.4. The Labute approximate surface area is 167 Å². The van der Waals surface area contributed by atoms with Gasteiger partial charge in [0, 0.05) is 43.5 Å². The number of aromatic nitrogens is 2. The zero-order valence-electron chi connectivity index (χ0n) is 15.7. The quantitative estimate of drug-likeness (QED) is 0.795. The Morgan fingerprint density at radius 3 is 2.38 bits per heavy atom. The zero-order chi connectivity index (χ0) is 18.2. The van der Waals surface area contributed by atoms with Crippen molar-refractivity contribution in [2.45, 2.75) is 39.3 Å². The minimum atomic E-state index is -0.263. The Balaban J connectivity index is 0.00000109. The van der Waals surface area contributed by atoms with Gasteiger partial charge in [-0.2, -0.15) is 0 Å². The molecule has 2 heterocycles. The van der Waals surface area contributed by atoms with E-state index >= 15 is 0 Å². The van der Waals surface area contributed by atoms with Gasteiger partial charge in [-0.3, -0.25) is 4.57 Å². The van der Waals surface area contributed by atoms with Crippen LogP contribution in [0.3, 0.4) is 0 Å². The van der Waals surface area contributed by atoms with Crippen LogP contribution in [0.4, 0.5) is 9.18 Å². The van der Waals surface area contributed by atoms with Crippen LogP contribution in [-0.4, -0.2) is 51.6 Å². The molecule has 7 heteroatoms. The van der Waals surface area contributed by atoms with Crippen molar-refractivity contribution in [1.29, 1.82) is 0 Å². The predicted molar refractivity (Wildman–Crippen MR) is 96.8 cm³/mol. The average Bonchev–Trinajstić information content (AvgIpc) is 3.18. The fraction of sp³-hybridized carbons (Fsp3) is 0.474. The van der Waals surface area contributed by atoms with Gasteiger partial charge in [-0.05, 0) is 50.7 Å². The van der Waals surface area contributed by atoms with E-state index in [4.69, 9.17) is 0 Å². The molecule has 5 nitrogen and oxygen atoms in total. The third-order valence-electron chi connectivity index (χ3n) is 4.37. The molecule has 0 aliphatic carbocycles. The van der Waals surface area contributed by atoms with Crippen molar-refractivity contribution < 1.29 is 27.7 Å². The Kier molecular flexibility index (Phi) is 9.63. The third kappa shape index (κ3) is 5.97. The summed E-state index contributed by atoms with van der Waals surface area (Å²) in [6.45, 7) is 6.43. The van der Waals surface area contributed by atoms with Crippen LogP contribution in [-0.2, 0) is 25.1 Å². The first-order valence-corrected chi connectivity index (χ1v) is 8.85. The normalized spacial score (nSPS) is 14.8. The standard InChI is InChI=1S/C17H21FN4O.C2H6.V/c1-20-9-6-16(7-10-20)22(17(23)21-11-8-19-13-21)12-14-2-4-15(18)5-3-14;1-2;/h2-5,8,11,13,16H,6-7,9-10,12H2,1H3;1-2H3;. The van der Waals surface area contributed by atoms with Gasteiger partial charge in [0.25, 0.3) is 0 Å². The number of halogens is 1. The number of likely N-dealkylation sites (tertiary alicyclic amines) is 1. The van der Waals surface area contributed by atoms with E-state index in [1.54, 1.807) is 24.5 Å². The number of carbonyl (C=O) groups is 1. The number of imidazole rings is 1. The Morgan fingerprint density at radius 1 is 1.23 bits per heavy atom. The van der Waals surface area contributed by atoms with Crippen molar-refractivity contribution in [3.8, 4) is 0 Å². The van der Waals surface area contributed by atoms with Gasteiger partial charge in [-0.15, -0.1) is 0 Å². The molecule has 0 N–H and O–H groups in total. The number of amides is 1. The zero-order valence-corrected chi connectivity index (χ0v) is 17.1. The molecule has 1 aromatic heterocycles. The van der Waals surface area contributed by atoms with Gasteiger partial charge in [-0.25, -0.2) is 14.2 Å². The molecule has 0 unspecified atom stereocenters. The van der Waals surface area contributed by atoms with E-state index in [0.29, 0.717) is 6.54 Å². The summed E-state index contributed by atoms with van der Waals surface area (Å²) >= 11 is 0. The fourth-order valence-corrected chi connectivity index (χ4v) is 2.97. The molecule has 26 heavy (non-hydrogen) atoms. The molecule has 0 bridgehead atoms. The molecular weight excluding hydrogens is 370 g/mol. The number of hydrogen-bond acceptors (Lipinski definition) is 3. The maximum absolute atomic E-state index is 13.1. The van der Waals surface area contributed by atoms with Crippen LogP contribution in [0, 0.1) is 5.82 Å². The van der Waals surface area contributed by atoms with E-state index in [1.165, 1.54) is 23.0 Å². The number of benzene rings is 1. The number of nitrogens with zero attached hydrogens (tertiary/aromatic N) is 4. The van der Waals surface area contributed by atoms with Crippen molar-refractivity contribution in [3.05, 3.63) is 54.4 Å². The number of piperidine rings is 1. The summed E-state index contributed by atoms with van der Waals surface area (Å²) in [6.07, 6.45) is 6.67. The van der Waals surface area contributed by atoms with Gasteiger partial charge in [0.15, 0.2) is 0 Å². The molecule has 2 aromatic rings. The first-order chi connectivity index (χ1) is 12.1. The van der Waals surface area contributed by atoms with Crippen molar-refractivity contribution in [2.75, 3.05) is 20.1 Å². The second-order valence-corrected chi connectivity index (χ2v) is 6.04. The van der Waals surface area contributed by atoms with Gasteiger partial charge >= 0.3 is 6.03 Å². The van der Waals surface area contributed by atoms with Crippen molar-refractivity contribution in [3.63, 3.8) is 0 Å². The summed E-state index contributed by atoms with van der Waals surface area (Å²) in [5.74, 6) is -0.263. The molecule has 1 aliphatic rings. The molecule has 1 amide bonds. The van der Waals surface area contributed by atoms with Crippen molar-refractivity contribution >= 4 is 6.03 Å². The maximum Gasteiger partial charge on any atom is 0.329 e. The van der Waals surface area contributed by atoms with Crippen LogP contribution in [0.25, 0.3) is 0 Å². The number of carbonyl (C=O) groups excluding carboxylic acids is 1. The molecule has 1 aromatic carbocycles. The maximum atomic E-state index is 13.1. The summed E-state index contributed by atoms with van der Waals surface area (Å²) in [4.78, 5) is 20.9. The van der Waals surface area contributed by atoms with Gasteiger partial charge in [-0.1, -0.05) is 26.0 Å². The molecule has 1 radical (unpaired) electrons. The number of hydrogen-bond donors (Lipinski definition) is 0. The molecule has 3 rings (SSSR count). The van der Waals surface area contributed by atoms with E-state index in [1.807, 2.05) is 18.7 Å². The van der Waals surface area contributed by atoms with Crippen LogP contribution in [0.2, 0.25) is 0 Å². The second-order valence-electron chi connectivity index (χ2n) is 6.04. The summed E-state index contributed by atoms with van der Waals surface area (Å²) < 4.78 is 14.6. The third-order valence-corrected chi connectivity index (χ3v) is 4.37. The summed E-state index contributed by atoms with van der Waals surface area (Å²) in [6, 6.07) is 6.44. The minimum Gasteiger partial charge on any atom is -0.317 e. The number of rotatable bonds is 3. The Morgan fingerprint density at radius 2 is 1.85 bits per heavy atom. The Bertz CT molecular complexity index is 640. The van der Waals surface area contributed by atoms with Crippen LogP contribution < -0.4 is 0 Å². The van der Waals surface area contributed by atoms with E-state index in [-0.39, 0.29) is 36.4 Å². The average molecular weight is 397 g/mol. The molecule has 1 fully saturated rings. The largest absolute Gasteiger partial charge is 0.329 e. The van der Waals surface area contributed by atoms with Crippen LogP contribution >= 0.6 is 0 Å². The summed E-state index contributed by atoms with van der Waals surface area (Å²) in [7, 11) is 2.10. The molecule has 1 saturated heterocycles. The molecule has 0 spiro atoms. The molecule has 141 valence electrons. The van der Waals surface area contributed by atoms with Gasteiger partial charge in [0.1, 0.15) is 12.1 Å². The van der Waals surface area contributed by atoms with E-state index in [0.717, 1.165) is 31.5 Å². The minimum absolute atomic E-state index is 0. The van der Waals surface area contributed by atoms with Gasteiger partial charge in [0.2, 0.25) is 0 Å². The molecule has 0 atom stereocenters. The van der Waals surface area contributed by atoms with Gasteiger partial charge in [0.05, 0.1) is 0 Å². The summed E-state index contributed by atoms with van der Waals surface area (Å²) in [5, 5.41) is 0. The van der Waals surface area contributed by atoms with Gasteiger partial charge < -0.3 is 9.80 Å². The first-order valence-electron chi connectivity index (χ1n) is 8.85. The second kappa shape index (κ2) is 11.2. The molecule has 1 aliphatic heterocycles. The van der Waals surface area contributed by atoms with Crippen molar-refractivity contribution in [2.24, 2.45) is 0 Å². The summed E-state index contributed by atoms with van der Waals surface area (Å²) in [5.41, 5.74) is 0.929. The molecular formula is C19H27FN4OV. The SMILES string of the molecule is CC.CN1CCC(N(Cc2ccc(F)cc2)C(=O)n2ccnc2)CC1.[V]. The van der Waals surface area contributed by atoms with Crippen LogP contribution in [0.1, 0.15) is 32.3 Å². The smallest absolute Gasteiger partial charge is 0.317 e. The Hall–Kier alpha value is -1.63. The monoisotopic (exact) mass is 397 g/mol. The van der Waals surface area contributed by atoms with Crippen LogP contribution in [0.5, 0.6) is 0 Å². The fourth-order valence-electron chi connectivity index (χ4n) is 2.97. The van der Waals surface area contributed by atoms with E-state index < -0.39 is 0 Å². The topological polar surface area (TPSA) is 41.4 Å².